The van der Waals surface area contributed by atoms with Crippen LogP contribution in [0.1, 0.15) is 16.1 Å². The minimum atomic E-state index is -4.54. The van der Waals surface area contributed by atoms with Crippen molar-refractivity contribution in [2.45, 2.75) is 6.18 Å². The maximum absolute atomic E-state index is 12.7. The molecule has 9 heteroatoms. The molecule has 2 aromatic rings. The molecule has 2 rings (SSSR count). The highest BCUT2D eigenvalue weighted by atomic mass is 19.4. The maximum Gasteiger partial charge on any atom is 0.416 e. The maximum atomic E-state index is 12.7. The van der Waals surface area contributed by atoms with Gasteiger partial charge in [-0.3, -0.25) is 4.68 Å². The summed E-state index contributed by atoms with van der Waals surface area (Å²) < 4.78 is 43.8. The summed E-state index contributed by atoms with van der Waals surface area (Å²) in [6.45, 7) is 0. The normalized spacial score (nSPS) is 11.3. The van der Waals surface area contributed by atoms with E-state index in [-0.39, 0.29) is 22.6 Å². The van der Waals surface area contributed by atoms with Gasteiger partial charge in [-0.1, -0.05) is 12.1 Å². The van der Waals surface area contributed by atoms with Crippen LogP contribution in [0.2, 0.25) is 0 Å². The summed E-state index contributed by atoms with van der Waals surface area (Å²) in [5.41, 5.74) is -1.59. The second-order valence-electron chi connectivity index (χ2n) is 4.33. The highest BCUT2D eigenvalue weighted by Gasteiger charge is 2.31. The van der Waals surface area contributed by atoms with Gasteiger partial charge in [0.2, 0.25) is 0 Å². The molecule has 0 fully saturated rings. The van der Waals surface area contributed by atoms with Gasteiger partial charge < -0.3 is 4.74 Å². The first-order valence-electron chi connectivity index (χ1n) is 5.96. The number of carbonyl (C=O) groups is 1. The number of esters is 1. The molecule has 116 valence electrons. The van der Waals surface area contributed by atoms with Gasteiger partial charge in [-0.15, -0.1) is 4.91 Å². The van der Waals surface area contributed by atoms with Crippen LogP contribution in [0.3, 0.4) is 0 Å². The summed E-state index contributed by atoms with van der Waals surface area (Å²) >= 11 is 0. The first kappa shape index (κ1) is 15.7. The molecule has 1 aromatic heterocycles. The summed E-state index contributed by atoms with van der Waals surface area (Å²) in [6.07, 6.45) is -4.54. The highest BCUT2D eigenvalue weighted by molar-refractivity contribution is 5.96. The van der Waals surface area contributed by atoms with Gasteiger partial charge in [0.05, 0.1) is 12.7 Å². The van der Waals surface area contributed by atoms with Crippen LogP contribution >= 0.6 is 0 Å². The van der Waals surface area contributed by atoms with Gasteiger partial charge in [-0.25, -0.2) is 4.79 Å². The Balaban J connectivity index is 2.64. The van der Waals surface area contributed by atoms with Crippen LogP contribution in [0.15, 0.2) is 29.4 Å². The summed E-state index contributed by atoms with van der Waals surface area (Å²) in [4.78, 5) is 22.6. The molecule has 0 unspecified atom stereocenters. The van der Waals surface area contributed by atoms with Crippen molar-refractivity contribution in [3.8, 4) is 11.3 Å². The van der Waals surface area contributed by atoms with Gasteiger partial charge in [0.15, 0.2) is 11.4 Å². The van der Waals surface area contributed by atoms with Crippen molar-refractivity contribution in [1.29, 1.82) is 0 Å². The molecule has 0 radical (unpaired) electrons. The molecule has 0 aliphatic heterocycles. The highest BCUT2D eigenvalue weighted by Crippen LogP contribution is 2.36. The number of rotatable bonds is 3. The quantitative estimate of drug-likeness (QED) is 0.644. The Morgan fingerprint density at radius 2 is 2.05 bits per heavy atom. The van der Waals surface area contributed by atoms with Gasteiger partial charge >= 0.3 is 12.1 Å². The summed E-state index contributed by atoms with van der Waals surface area (Å²) in [5.74, 6) is -0.858. The summed E-state index contributed by atoms with van der Waals surface area (Å²) in [6, 6.07) is 4.24. The largest absolute Gasteiger partial charge is 0.464 e. The number of carbonyl (C=O) groups excluding carboxylic acids is 1. The Morgan fingerprint density at radius 1 is 1.36 bits per heavy atom. The molecule has 0 saturated carbocycles. The molecule has 0 saturated heterocycles. The van der Waals surface area contributed by atoms with E-state index in [1.165, 1.54) is 19.2 Å². The minimum absolute atomic E-state index is 0.0233. The lowest BCUT2D eigenvalue weighted by molar-refractivity contribution is -0.137. The van der Waals surface area contributed by atoms with Gasteiger partial charge in [-0.05, 0) is 17.3 Å². The zero-order valence-electron chi connectivity index (χ0n) is 11.5. The predicted molar refractivity (Wildman–Crippen MR) is 70.4 cm³/mol. The standard InChI is InChI=1S/C13H10F3N3O3/c1-19-11(12(20)22-2)10(18-21)9(17-19)7-4-3-5-8(6-7)13(14,15)16/h3-6H,1-2H3. The van der Waals surface area contributed by atoms with Gasteiger partial charge in [-0.2, -0.15) is 18.3 Å². The minimum Gasteiger partial charge on any atom is -0.464 e. The van der Waals surface area contributed by atoms with Crippen LogP contribution in [-0.2, 0) is 18.0 Å². The second-order valence-corrected chi connectivity index (χ2v) is 4.33. The Morgan fingerprint density at radius 3 is 2.59 bits per heavy atom. The average Bonchev–Trinajstić information content (AvgIpc) is 2.82. The number of methoxy groups -OCH3 is 1. The Kier molecular flexibility index (Phi) is 3.98. The van der Waals surface area contributed by atoms with E-state index in [9.17, 15) is 22.9 Å². The molecule has 0 bridgehead atoms. The predicted octanol–water partition coefficient (Wildman–Crippen LogP) is 3.29. The van der Waals surface area contributed by atoms with Crippen molar-refractivity contribution in [2.75, 3.05) is 7.11 Å². The fourth-order valence-electron chi connectivity index (χ4n) is 1.96. The van der Waals surface area contributed by atoms with E-state index >= 15 is 0 Å². The number of aryl methyl sites for hydroxylation is 1. The molecule has 0 amide bonds. The number of aromatic nitrogens is 2. The Labute approximate surface area is 122 Å². The van der Waals surface area contributed by atoms with E-state index in [0.717, 1.165) is 23.9 Å². The lowest BCUT2D eigenvalue weighted by Crippen LogP contribution is -2.08. The van der Waals surface area contributed by atoms with Gasteiger partial charge in [0.25, 0.3) is 0 Å². The number of nitrogens with zero attached hydrogens (tertiary/aromatic N) is 3. The number of halogens is 3. The molecule has 0 aliphatic carbocycles. The molecule has 22 heavy (non-hydrogen) atoms. The van der Waals surface area contributed by atoms with Crippen molar-refractivity contribution < 1.29 is 22.7 Å². The van der Waals surface area contributed by atoms with Crippen LogP contribution in [-0.4, -0.2) is 22.9 Å². The third kappa shape index (κ3) is 2.69. The van der Waals surface area contributed by atoms with Crippen LogP contribution in [0, 0.1) is 4.91 Å². The van der Waals surface area contributed by atoms with E-state index < -0.39 is 17.7 Å². The number of alkyl halides is 3. The molecule has 0 aliphatic rings. The lowest BCUT2D eigenvalue weighted by atomic mass is 10.1. The first-order valence-corrected chi connectivity index (χ1v) is 5.96. The molecule has 0 spiro atoms. The second kappa shape index (κ2) is 5.58. The smallest absolute Gasteiger partial charge is 0.416 e. The molecular weight excluding hydrogens is 303 g/mol. The Hall–Kier alpha value is -2.71. The van der Waals surface area contributed by atoms with E-state index in [1.54, 1.807) is 0 Å². The van der Waals surface area contributed by atoms with E-state index in [1.807, 2.05) is 0 Å². The molecule has 0 N–H and O–H groups in total. The summed E-state index contributed by atoms with van der Waals surface area (Å²) in [7, 11) is 2.46. The number of hydrogen-bond acceptors (Lipinski definition) is 5. The van der Waals surface area contributed by atoms with Crippen LogP contribution in [0.5, 0.6) is 0 Å². The third-order valence-corrected chi connectivity index (χ3v) is 2.96. The van der Waals surface area contributed by atoms with Crippen molar-refractivity contribution in [1.82, 2.24) is 9.78 Å². The molecule has 0 atom stereocenters. The topological polar surface area (TPSA) is 73.6 Å². The van der Waals surface area contributed by atoms with E-state index in [0.29, 0.717) is 0 Å². The fraction of sp³-hybridized carbons (Fsp3) is 0.231. The zero-order chi connectivity index (χ0) is 16.5. The van der Waals surface area contributed by atoms with Crippen LogP contribution in [0.25, 0.3) is 11.3 Å². The van der Waals surface area contributed by atoms with Crippen molar-refractivity contribution in [2.24, 2.45) is 12.2 Å². The van der Waals surface area contributed by atoms with E-state index in [4.69, 9.17) is 0 Å². The van der Waals surface area contributed by atoms with Crippen molar-refractivity contribution >= 4 is 11.7 Å². The third-order valence-electron chi connectivity index (χ3n) is 2.96. The fourth-order valence-corrected chi connectivity index (χ4v) is 1.96. The molecule has 1 heterocycles. The number of benzene rings is 1. The zero-order valence-corrected chi connectivity index (χ0v) is 11.5. The number of nitroso groups, excluding NO2 is 1. The Bertz CT molecular complexity index is 738. The van der Waals surface area contributed by atoms with Gasteiger partial charge in [0, 0.05) is 12.6 Å². The van der Waals surface area contributed by atoms with E-state index in [2.05, 4.69) is 15.0 Å². The summed E-state index contributed by atoms with van der Waals surface area (Å²) in [5, 5.41) is 6.61. The average molecular weight is 313 g/mol. The molecule has 6 nitrogen and oxygen atoms in total. The monoisotopic (exact) mass is 313 g/mol. The SMILES string of the molecule is COC(=O)c1c(N=O)c(-c2cccc(C(F)(F)F)c2)nn1C. The van der Waals surface area contributed by atoms with Gasteiger partial charge in [0.1, 0.15) is 5.69 Å². The van der Waals surface area contributed by atoms with Crippen molar-refractivity contribution in [3.05, 3.63) is 40.4 Å². The number of ether oxygens (including phenoxy) is 1. The van der Waals surface area contributed by atoms with Crippen LogP contribution in [0.4, 0.5) is 18.9 Å². The number of hydrogen-bond donors (Lipinski definition) is 0. The lowest BCUT2D eigenvalue weighted by Gasteiger charge is -2.07. The van der Waals surface area contributed by atoms with Crippen molar-refractivity contribution in [3.63, 3.8) is 0 Å². The first-order chi connectivity index (χ1) is 10.3. The molecule has 1 aromatic carbocycles. The van der Waals surface area contributed by atoms with Crippen LogP contribution < -0.4 is 0 Å². The molecular formula is C13H10F3N3O3.